The SMILES string of the molecule is CC(C)(C)C#CC1=C(C(F)(F)F)C=C(Cl)C[CH]1. The molecule has 0 saturated heterocycles. The molecule has 0 fully saturated rings. The molecular formula is C13H13ClF3. The number of hydrogen-bond donors (Lipinski definition) is 0. The molecule has 0 aromatic carbocycles. The molecule has 1 rings (SSSR count). The van der Waals surface area contributed by atoms with E-state index < -0.39 is 11.7 Å². The predicted octanol–water partition coefficient (Wildman–Crippen LogP) is 4.63. The first-order chi connectivity index (χ1) is 7.59. The number of rotatable bonds is 0. The third-order valence-electron chi connectivity index (χ3n) is 1.97. The second-order valence-electron chi connectivity index (χ2n) is 4.82. The first-order valence-electron chi connectivity index (χ1n) is 5.13. The Morgan fingerprint density at radius 1 is 1.24 bits per heavy atom. The Morgan fingerprint density at radius 3 is 2.29 bits per heavy atom. The molecule has 17 heavy (non-hydrogen) atoms. The van der Waals surface area contributed by atoms with Crippen LogP contribution in [0.3, 0.4) is 0 Å². The van der Waals surface area contributed by atoms with E-state index in [4.69, 9.17) is 11.6 Å². The molecule has 0 aromatic rings. The fraction of sp³-hybridized carbons (Fsp3) is 0.462. The van der Waals surface area contributed by atoms with Gasteiger partial charge in [-0.3, -0.25) is 0 Å². The molecule has 0 atom stereocenters. The Morgan fingerprint density at radius 2 is 1.82 bits per heavy atom. The molecule has 0 saturated carbocycles. The van der Waals surface area contributed by atoms with Gasteiger partial charge in [0.2, 0.25) is 0 Å². The van der Waals surface area contributed by atoms with Crippen LogP contribution < -0.4 is 0 Å². The van der Waals surface area contributed by atoms with Crippen LogP contribution in [0.2, 0.25) is 0 Å². The second kappa shape index (κ2) is 4.78. The summed E-state index contributed by atoms with van der Waals surface area (Å²) < 4.78 is 38.2. The topological polar surface area (TPSA) is 0 Å². The summed E-state index contributed by atoms with van der Waals surface area (Å²) in [6.45, 7) is 5.54. The highest BCUT2D eigenvalue weighted by Crippen LogP contribution is 2.36. The quantitative estimate of drug-likeness (QED) is 0.558. The molecule has 0 N–H and O–H groups in total. The first-order valence-corrected chi connectivity index (χ1v) is 5.51. The van der Waals surface area contributed by atoms with Crippen molar-refractivity contribution in [3.63, 3.8) is 0 Å². The van der Waals surface area contributed by atoms with E-state index in [-0.39, 0.29) is 16.0 Å². The largest absolute Gasteiger partial charge is 0.417 e. The maximum Gasteiger partial charge on any atom is 0.417 e. The summed E-state index contributed by atoms with van der Waals surface area (Å²) in [4.78, 5) is 0. The highest BCUT2D eigenvalue weighted by Gasteiger charge is 2.36. The fourth-order valence-corrected chi connectivity index (χ4v) is 1.40. The molecule has 1 aliphatic rings. The van der Waals surface area contributed by atoms with E-state index in [1.165, 1.54) is 6.42 Å². The molecule has 93 valence electrons. The summed E-state index contributed by atoms with van der Waals surface area (Å²) in [6.07, 6.45) is -1.74. The van der Waals surface area contributed by atoms with E-state index in [0.717, 1.165) is 6.08 Å². The van der Waals surface area contributed by atoms with E-state index in [2.05, 4.69) is 11.8 Å². The molecule has 4 heteroatoms. The molecule has 0 unspecified atom stereocenters. The molecule has 1 aliphatic carbocycles. The summed E-state index contributed by atoms with van der Waals surface area (Å²) in [5.41, 5.74) is -1.08. The predicted molar refractivity (Wildman–Crippen MR) is 63.2 cm³/mol. The standard InChI is InChI=1S/C13H13ClF3/c1-12(2,3)7-6-9-4-5-10(14)8-11(9)13(15,16)17/h4,8H,5H2,1-3H3. The zero-order valence-electron chi connectivity index (χ0n) is 9.87. The highest BCUT2D eigenvalue weighted by molar-refractivity contribution is 6.30. The van der Waals surface area contributed by atoms with E-state index in [1.54, 1.807) is 0 Å². The maximum absolute atomic E-state index is 12.7. The summed E-state index contributed by atoms with van der Waals surface area (Å²) in [5, 5.41) is 0.179. The summed E-state index contributed by atoms with van der Waals surface area (Å²) in [5.74, 6) is 5.39. The van der Waals surface area contributed by atoms with Crippen molar-refractivity contribution in [2.24, 2.45) is 5.41 Å². The van der Waals surface area contributed by atoms with Crippen molar-refractivity contribution in [1.82, 2.24) is 0 Å². The van der Waals surface area contributed by atoms with E-state index in [9.17, 15) is 13.2 Å². The fourth-order valence-electron chi connectivity index (χ4n) is 1.21. The van der Waals surface area contributed by atoms with E-state index >= 15 is 0 Å². The van der Waals surface area contributed by atoms with Gasteiger partial charge in [0, 0.05) is 22.4 Å². The van der Waals surface area contributed by atoms with Crippen molar-refractivity contribution >= 4 is 11.6 Å². The second-order valence-corrected chi connectivity index (χ2v) is 5.31. The van der Waals surface area contributed by atoms with Gasteiger partial charge in [0.15, 0.2) is 0 Å². The first kappa shape index (κ1) is 14.2. The monoisotopic (exact) mass is 261 g/mol. The van der Waals surface area contributed by atoms with Crippen molar-refractivity contribution < 1.29 is 13.2 Å². The van der Waals surface area contributed by atoms with Crippen LogP contribution in [0.1, 0.15) is 27.2 Å². The van der Waals surface area contributed by atoms with Gasteiger partial charge in [-0.1, -0.05) is 23.4 Å². The molecule has 0 bridgehead atoms. The van der Waals surface area contributed by atoms with Crippen molar-refractivity contribution in [3.8, 4) is 11.8 Å². The van der Waals surface area contributed by atoms with E-state index in [0.29, 0.717) is 6.42 Å². The smallest absolute Gasteiger partial charge is 0.166 e. The minimum absolute atomic E-state index is 0.0109. The normalized spacial score (nSPS) is 17.5. The summed E-state index contributed by atoms with van der Waals surface area (Å²) >= 11 is 5.62. The van der Waals surface area contributed by atoms with Gasteiger partial charge in [0.1, 0.15) is 0 Å². The summed E-state index contributed by atoms with van der Waals surface area (Å²) in [6, 6.07) is 0. The van der Waals surface area contributed by atoms with Gasteiger partial charge < -0.3 is 0 Å². The number of halogens is 4. The zero-order valence-corrected chi connectivity index (χ0v) is 10.6. The molecule has 0 aromatic heterocycles. The van der Waals surface area contributed by atoms with Gasteiger partial charge in [0.05, 0.1) is 5.57 Å². The molecule has 0 amide bonds. The lowest BCUT2D eigenvalue weighted by Crippen LogP contribution is -2.15. The highest BCUT2D eigenvalue weighted by atomic mass is 35.5. The Kier molecular flexibility index (Phi) is 3.99. The van der Waals surface area contributed by atoms with Crippen LogP contribution in [0.4, 0.5) is 13.2 Å². The Labute approximate surface area is 105 Å². The van der Waals surface area contributed by atoms with Crippen molar-refractivity contribution in [2.45, 2.75) is 33.4 Å². The number of hydrogen-bond acceptors (Lipinski definition) is 0. The van der Waals surface area contributed by atoms with Gasteiger partial charge in [-0.15, -0.1) is 0 Å². The lowest BCUT2D eigenvalue weighted by molar-refractivity contribution is -0.0888. The van der Waals surface area contributed by atoms with E-state index in [1.807, 2.05) is 20.8 Å². The van der Waals surface area contributed by atoms with Gasteiger partial charge in [-0.2, -0.15) is 13.2 Å². The Bertz CT molecular complexity index is 422. The average molecular weight is 262 g/mol. The Balaban J connectivity index is 3.19. The lowest BCUT2D eigenvalue weighted by atomic mass is 9.93. The molecular weight excluding hydrogens is 249 g/mol. The Hall–Kier alpha value is -0.880. The number of alkyl halides is 3. The van der Waals surface area contributed by atoms with Gasteiger partial charge >= 0.3 is 6.18 Å². The lowest BCUT2D eigenvalue weighted by Gasteiger charge is -2.16. The van der Waals surface area contributed by atoms with Crippen LogP contribution in [-0.2, 0) is 0 Å². The van der Waals surface area contributed by atoms with Crippen molar-refractivity contribution in [2.75, 3.05) is 0 Å². The third-order valence-corrected chi connectivity index (χ3v) is 2.23. The molecule has 0 aliphatic heterocycles. The number of allylic oxidation sites excluding steroid dienone is 4. The van der Waals surface area contributed by atoms with Crippen LogP contribution in [0.15, 0.2) is 22.3 Å². The van der Waals surface area contributed by atoms with Crippen LogP contribution in [0.5, 0.6) is 0 Å². The molecule has 0 heterocycles. The minimum atomic E-state index is -4.42. The molecule has 1 radical (unpaired) electrons. The van der Waals surface area contributed by atoms with Crippen LogP contribution in [-0.4, -0.2) is 6.18 Å². The maximum atomic E-state index is 12.7. The van der Waals surface area contributed by atoms with Gasteiger partial charge in [-0.25, -0.2) is 0 Å². The molecule has 0 spiro atoms. The van der Waals surface area contributed by atoms with Crippen LogP contribution in [0.25, 0.3) is 0 Å². The van der Waals surface area contributed by atoms with Gasteiger partial charge in [0.25, 0.3) is 0 Å². The average Bonchev–Trinajstić information content (AvgIpc) is 2.13. The van der Waals surface area contributed by atoms with Gasteiger partial charge in [-0.05, 0) is 33.3 Å². The van der Waals surface area contributed by atoms with Crippen molar-refractivity contribution in [3.05, 3.63) is 28.7 Å². The molecule has 0 nitrogen and oxygen atoms in total. The summed E-state index contributed by atoms with van der Waals surface area (Å²) in [7, 11) is 0. The van der Waals surface area contributed by atoms with Crippen LogP contribution >= 0.6 is 11.6 Å². The van der Waals surface area contributed by atoms with Crippen molar-refractivity contribution in [1.29, 1.82) is 0 Å². The third kappa shape index (κ3) is 4.47. The zero-order chi connectivity index (χ0) is 13.3. The van der Waals surface area contributed by atoms with Crippen LogP contribution in [0, 0.1) is 23.7 Å². The minimum Gasteiger partial charge on any atom is -0.166 e.